The lowest BCUT2D eigenvalue weighted by molar-refractivity contribution is -0.121. The van der Waals surface area contributed by atoms with Crippen LogP contribution in [-0.2, 0) is 4.79 Å². The topological polar surface area (TPSA) is 20.3 Å². The Morgan fingerprint density at radius 3 is 2.07 bits per heavy atom. The summed E-state index contributed by atoms with van der Waals surface area (Å²) in [6.07, 6.45) is 0. The van der Waals surface area contributed by atoms with Gasteiger partial charge in [0.25, 0.3) is 0 Å². The Labute approximate surface area is 102 Å². The number of carbonyl (C=O) groups is 1. The maximum atomic E-state index is 11.4. The van der Waals surface area contributed by atoms with Gasteiger partial charge < -0.3 is 0 Å². The number of ketones is 1. The molecule has 0 fully saturated rings. The lowest BCUT2D eigenvalue weighted by Crippen LogP contribution is -2.25. The van der Waals surface area contributed by atoms with Gasteiger partial charge in [-0.2, -0.15) is 0 Å². The van der Waals surface area contributed by atoms with Crippen LogP contribution in [0.1, 0.15) is 18.5 Å². The monoisotopic (exact) mass is 247 g/mol. The van der Waals surface area contributed by atoms with E-state index >= 15 is 0 Å². The van der Waals surface area contributed by atoms with E-state index in [1.807, 2.05) is 31.1 Å². The van der Waals surface area contributed by atoms with Gasteiger partial charge in [0.1, 0.15) is 0 Å². The number of rotatable bonds is 3. The maximum Gasteiger partial charge on any atom is 0.151 e. The van der Waals surface area contributed by atoms with E-state index in [0.29, 0.717) is 5.02 Å². The zero-order valence-electron chi connectivity index (χ0n) is 9.03. The van der Waals surface area contributed by atoms with Gasteiger partial charge in [-0.1, -0.05) is 23.7 Å². The fourth-order valence-electron chi connectivity index (χ4n) is 1.54. The van der Waals surface area contributed by atoms with Gasteiger partial charge in [-0.15, -0.1) is 12.4 Å². The molecule has 0 aliphatic heterocycles. The minimum absolute atomic E-state index is 0. The summed E-state index contributed by atoms with van der Waals surface area (Å²) < 4.78 is 0. The second-order valence-corrected chi connectivity index (χ2v) is 3.96. The lowest BCUT2D eigenvalue weighted by atomic mass is 10.0. The molecular formula is C11H15Cl2NO. The van der Waals surface area contributed by atoms with Crippen LogP contribution in [0.3, 0.4) is 0 Å². The van der Waals surface area contributed by atoms with E-state index in [9.17, 15) is 4.79 Å². The van der Waals surface area contributed by atoms with Gasteiger partial charge >= 0.3 is 0 Å². The van der Waals surface area contributed by atoms with E-state index < -0.39 is 0 Å². The summed E-state index contributed by atoms with van der Waals surface area (Å²) in [5.41, 5.74) is 0.979. The van der Waals surface area contributed by atoms with Gasteiger partial charge in [-0.3, -0.25) is 9.69 Å². The molecule has 1 aromatic rings. The predicted molar refractivity (Wildman–Crippen MR) is 65.8 cm³/mol. The van der Waals surface area contributed by atoms with Gasteiger partial charge in [0.05, 0.1) is 6.04 Å². The molecule has 4 heteroatoms. The number of halogens is 2. The van der Waals surface area contributed by atoms with Crippen molar-refractivity contribution >= 4 is 29.8 Å². The van der Waals surface area contributed by atoms with E-state index in [1.54, 1.807) is 19.1 Å². The molecule has 0 saturated carbocycles. The largest absolute Gasteiger partial charge is 0.298 e. The van der Waals surface area contributed by atoms with Crippen LogP contribution < -0.4 is 0 Å². The van der Waals surface area contributed by atoms with Crippen molar-refractivity contribution in [3.05, 3.63) is 34.9 Å². The van der Waals surface area contributed by atoms with Crippen LogP contribution in [0.5, 0.6) is 0 Å². The molecule has 1 unspecified atom stereocenters. The van der Waals surface area contributed by atoms with Crippen molar-refractivity contribution in [1.82, 2.24) is 4.90 Å². The Hall–Kier alpha value is -0.570. The first-order chi connectivity index (χ1) is 6.52. The molecule has 0 aliphatic rings. The van der Waals surface area contributed by atoms with E-state index in [1.165, 1.54) is 0 Å². The van der Waals surface area contributed by atoms with Crippen molar-refractivity contribution in [2.24, 2.45) is 0 Å². The smallest absolute Gasteiger partial charge is 0.151 e. The quantitative estimate of drug-likeness (QED) is 0.819. The Kier molecular flexibility index (Phi) is 5.88. The summed E-state index contributed by atoms with van der Waals surface area (Å²) in [6, 6.07) is 7.20. The summed E-state index contributed by atoms with van der Waals surface area (Å²) >= 11 is 5.78. The highest BCUT2D eigenvalue weighted by Gasteiger charge is 2.18. The van der Waals surface area contributed by atoms with Crippen molar-refractivity contribution in [2.45, 2.75) is 13.0 Å². The second kappa shape index (κ2) is 6.11. The first-order valence-corrected chi connectivity index (χ1v) is 4.82. The molecule has 0 saturated heterocycles. The number of carbonyl (C=O) groups excluding carboxylic acids is 1. The summed E-state index contributed by atoms with van der Waals surface area (Å²) in [7, 11) is 3.78. The average molecular weight is 248 g/mol. The zero-order valence-corrected chi connectivity index (χ0v) is 10.6. The van der Waals surface area contributed by atoms with Crippen LogP contribution in [0.25, 0.3) is 0 Å². The molecule has 1 atom stereocenters. The van der Waals surface area contributed by atoms with Crippen LogP contribution in [0.4, 0.5) is 0 Å². The van der Waals surface area contributed by atoms with Gasteiger partial charge in [0.2, 0.25) is 0 Å². The average Bonchev–Trinajstić information content (AvgIpc) is 2.07. The van der Waals surface area contributed by atoms with Crippen molar-refractivity contribution in [2.75, 3.05) is 14.1 Å². The molecule has 0 heterocycles. The molecule has 84 valence electrons. The van der Waals surface area contributed by atoms with Crippen LogP contribution in [0.15, 0.2) is 24.3 Å². The fraction of sp³-hybridized carbons (Fsp3) is 0.364. The highest BCUT2D eigenvalue weighted by atomic mass is 35.5. The SMILES string of the molecule is CC(=O)C(c1ccc(Cl)cc1)N(C)C.Cl. The Bertz CT molecular complexity index is 322. The molecule has 0 aromatic heterocycles. The molecule has 0 amide bonds. The van der Waals surface area contributed by atoms with Gasteiger partial charge in [-0.05, 0) is 38.7 Å². The molecular weight excluding hydrogens is 233 g/mol. The van der Waals surface area contributed by atoms with E-state index in [-0.39, 0.29) is 24.2 Å². The van der Waals surface area contributed by atoms with Crippen LogP contribution in [0.2, 0.25) is 5.02 Å². The van der Waals surface area contributed by atoms with Crippen molar-refractivity contribution in [1.29, 1.82) is 0 Å². The predicted octanol–water partition coefficient (Wildman–Crippen LogP) is 2.95. The van der Waals surface area contributed by atoms with E-state index in [4.69, 9.17) is 11.6 Å². The summed E-state index contributed by atoms with van der Waals surface area (Å²) in [4.78, 5) is 13.3. The van der Waals surface area contributed by atoms with Crippen LogP contribution >= 0.6 is 24.0 Å². The second-order valence-electron chi connectivity index (χ2n) is 3.53. The van der Waals surface area contributed by atoms with Crippen LogP contribution in [0, 0.1) is 0 Å². The molecule has 0 aliphatic carbocycles. The molecule has 1 rings (SSSR count). The highest BCUT2D eigenvalue weighted by Crippen LogP contribution is 2.20. The molecule has 0 spiro atoms. The number of Topliss-reactive ketones (excluding diaryl/α,β-unsaturated/α-hetero) is 1. The van der Waals surface area contributed by atoms with E-state index in [0.717, 1.165) is 5.56 Å². The van der Waals surface area contributed by atoms with Gasteiger partial charge in [0.15, 0.2) is 5.78 Å². The first kappa shape index (κ1) is 14.4. The van der Waals surface area contributed by atoms with Gasteiger partial charge in [-0.25, -0.2) is 0 Å². The third kappa shape index (κ3) is 3.82. The minimum atomic E-state index is -0.174. The van der Waals surface area contributed by atoms with Crippen molar-refractivity contribution in [3.63, 3.8) is 0 Å². The number of nitrogens with zero attached hydrogens (tertiary/aromatic N) is 1. The molecule has 15 heavy (non-hydrogen) atoms. The Morgan fingerprint density at radius 2 is 1.73 bits per heavy atom. The number of likely N-dealkylation sites (N-methyl/N-ethyl adjacent to an activating group) is 1. The Balaban J connectivity index is 0.00000196. The minimum Gasteiger partial charge on any atom is -0.298 e. The lowest BCUT2D eigenvalue weighted by Gasteiger charge is -2.21. The highest BCUT2D eigenvalue weighted by molar-refractivity contribution is 6.30. The maximum absolute atomic E-state index is 11.4. The summed E-state index contributed by atoms with van der Waals surface area (Å²) in [6.45, 7) is 1.60. The van der Waals surface area contributed by atoms with Crippen molar-refractivity contribution < 1.29 is 4.79 Å². The zero-order chi connectivity index (χ0) is 10.7. The fourth-order valence-corrected chi connectivity index (χ4v) is 1.67. The molecule has 0 N–H and O–H groups in total. The molecule has 0 radical (unpaired) electrons. The van der Waals surface area contributed by atoms with Gasteiger partial charge in [0, 0.05) is 5.02 Å². The molecule has 0 bridgehead atoms. The summed E-state index contributed by atoms with van der Waals surface area (Å²) in [5, 5.41) is 0.690. The Morgan fingerprint density at radius 1 is 1.27 bits per heavy atom. The normalized spacial score (nSPS) is 12.1. The summed E-state index contributed by atoms with van der Waals surface area (Å²) in [5.74, 6) is 0.136. The standard InChI is InChI=1S/C11H14ClNO.ClH/c1-8(14)11(13(2)3)9-4-6-10(12)7-5-9;/h4-7,11H,1-3H3;1H. The van der Waals surface area contributed by atoms with E-state index in [2.05, 4.69) is 0 Å². The third-order valence-corrected chi connectivity index (χ3v) is 2.34. The van der Waals surface area contributed by atoms with Crippen molar-refractivity contribution in [3.8, 4) is 0 Å². The number of hydrogen-bond donors (Lipinski definition) is 0. The molecule has 1 aromatic carbocycles. The molecule has 2 nitrogen and oxygen atoms in total. The first-order valence-electron chi connectivity index (χ1n) is 4.44. The number of hydrogen-bond acceptors (Lipinski definition) is 2. The van der Waals surface area contributed by atoms with Crippen LogP contribution in [-0.4, -0.2) is 24.8 Å². The number of benzene rings is 1. The third-order valence-electron chi connectivity index (χ3n) is 2.09.